The van der Waals surface area contributed by atoms with Crippen molar-refractivity contribution in [2.75, 3.05) is 18.0 Å². The molecule has 0 saturated carbocycles. The molecule has 148 valence electrons. The molecule has 0 aliphatic carbocycles. The molecule has 0 aliphatic heterocycles. The number of carbonyl (C=O) groups excluding carboxylic acids is 1. The third-order valence-corrected chi connectivity index (χ3v) is 7.60. The fourth-order valence-electron chi connectivity index (χ4n) is 2.85. The highest BCUT2D eigenvalue weighted by atomic mass is 28.4. The standard InChI is InChI=1S/C20H37NO3Si2/c1-8-18(2)23-26(6,7)16-12-15-21(19-13-10-9-11-14-19)17-20(22)24-25(3,4)5/h9-11,13-14,18H,8,12,15-17H2,1-7H3. The Morgan fingerprint density at radius 1 is 1.12 bits per heavy atom. The van der Waals surface area contributed by atoms with Crippen molar-refractivity contribution in [1.82, 2.24) is 0 Å². The van der Waals surface area contributed by atoms with Gasteiger partial charge in [0.25, 0.3) is 0 Å². The lowest BCUT2D eigenvalue weighted by Gasteiger charge is -2.29. The third kappa shape index (κ3) is 9.55. The molecular weight excluding hydrogens is 358 g/mol. The lowest BCUT2D eigenvalue weighted by atomic mass is 10.2. The fourth-order valence-corrected chi connectivity index (χ4v) is 5.98. The molecule has 26 heavy (non-hydrogen) atoms. The molecule has 0 aromatic heterocycles. The Hall–Kier alpha value is -1.12. The molecule has 1 unspecified atom stereocenters. The first-order chi connectivity index (χ1) is 12.0. The van der Waals surface area contributed by atoms with Crippen molar-refractivity contribution in [3.8, 4) is 0 Å². The number of nitrogens with zero attached hydrogens (tertiary/aromatic N) is 1. The Labute approximate surface area is 162 Å². The summed E-state index contributed by atoms with van der Waals surface area (Å²) < 4.78 is 11.9. The van der Waals surface area contributed by atoms with Crippen LogP contribution in [0.2, 0.25) is 38.8 Å². The zero-order valence-electron chi connectivity index (χ0n) is 17.7. The predicted molar refractivity (Wildman–Crippen MR) is 116 cm³/mol. The van der Waals surface area contributed by atoms with Gasteiger partial charge in [0.1, 0.15) is 6.54 Å². The van der Waals surface area contributed by atoms with Crippen molar-refractivity contribution in [3.63, 3.8) is 0 Å². The second-order valence-corrected chi connectivity index (χ2v) is 17.2. The first-order valence-electron chi connectivity index (χ1n) is 9.72. The lowest BCUT2D eigenvalue weighted by Crippen LogP contribution is -2.39. The number of hydrogen-bond donors (Lipinski definition) is 0. The van der Waals surface area contributed by atoms with E-state index in [1.807, 2.05) is 37.8 Å². The first kappa shape index (κ1) is 22.9. The Bertz CT molecular complexity index is 544. The molecule has 0 heterocycles. The van der Waals surface area contributed by atoms with Gasteiger partial charge in [-0.1, -0.05) is 25.1 Å². The van der Waals surface area contributed by atoms with Crippen LogP contribution in [0.4, 0.5) is 5.69 Å². The minimum absolute atomic E-state index is 0.125. The molecule has 0 saturated heterocycles. The quantitative estimate of drug-likeness (QED) is 0.478. The van der Waals surface area contributed by atoms with E-state index in [2.05, 4.69) is 44.0 Å². The number of para-hydroxylation sites is 1. The largest absolute Gasteiger partial charge is 0.519 e. The number of benzene rings is 1. The van der Waals surface area contributed by atoms with E-state index in [0.29, 0.717) is 12.6 Å². The van der Waals surface area contributed by atoms with Crippen molar-refractivity contribution in [2.24, 2.45) is 0 Å². The highest BCUT2D eigenvalue weighted by Gasteiger charge is 2.25. The molecule has 6 heteroatoms. The number of rotatable bonds is 11. The van der Waals surface area contributed by atoms with Crippen molar-refractivity contribution in [3.05, 3.63) is 30.3 Å². The van der Waals surface area contributed by atoms with Gasteiger partial charge in [-0.05, 0) is 70.7 Å². The fraction of sp³-hybridized carbons (Fsp3) is 0.650. The van der Waals surface area contributed by atoms with Crippen LogP contribution in [0, 0.1) is 0 Å². The maximum absolute atomic E-state index is 12.3. The Kier molecular flexibility index (Phi) is 9.06. The zero-order chi connectivity index (χ0) is 19.8. The van der Waals surface area contributed by atoms with Gasteiger partial charge in [0.2, 0.25) is 8.32 Å². The first-order valence-corrected chi connectivity index (χ1v) is 16.2. The summed E-state index contributed by atoms with van der Waals surface area (Å²) in [4.78, 5) is 14.5. The molecule has 1 aromatic carbocycles. The van der Waals surface area contributed by atoms with Crippen LogP contribution < -0.4 is 4.90 Å². The van der Waals surface area contributed by atoms with Crippen LogP contribution in [0.5, 0.6) is 0 Å². The summed E-state index contributed by atoms with van der Waals surface area (Å²) in [6.07, 6.45) is 2.40. The topological polar surface area (TPSA) is 38.8 Å². The average molecular weight is 396 g/mol. The maximum Gasteiger partial charge on any atom is 0.312 e. The predicted octanol–water partition coefficient (Wildman–Crippen LogP) is 5.28. The van der Waals surface area contributed by atoms with Crippen LogP contribution in [0.1, 0.15) is 26.7 Å². The number of anilines is 1. The summed E-state index contributed by atoms with van der Waals surface area (Å²) in [6.45, 7) is 16.1. The van der Waals surface area contributed by atoms with Gasteiger partial charge in [0.15, 0.2) is 8.32 Å². The summed E-state index contributed by atoms with van der Waals surface area (Å²) in [5.74, 6) is -0.125. The van der Waals surface area contributed by atoms with Gasteiger partial charge in [-0.15, -0.1) is 0 Å². The molecule has 1 rings (SSSR count). The molecule has 0 fully saturated rings. The van der Waals surface area contributed by atoms with Gasteiger partial charge < -0.3 is 13.8 Å². The molecule has 0 bridgehead atoms. The summed E-state index contributed by atoms with van der Waals surface area (Å²) in [6, 6.07) is 11.2. The smallest absolute Gasteiger partial charge is 0.312 e. The Balaban J connectivity index is 2.68. The van der Waals surface area contributed by atoms with Crippen LogP contribution >= 0.6 is 0 Å². The highest BCUT2D eigenvalue weighted by Crippen LogP contribution is 2.20. The molecule has 4 nitrogen and oxygen atoms in total. The Morgan fingerprint density at radius 2 is 1.73 bits per heavy atom. The van der Waals surface area contributed by atoms with Crippen molar-refractivity contribution < 1.29 is 13.6 Å². The number of hydrogen-bond acceptors (Lipinski definition) is 4. The van der Waals surface area contributed by atoms with Crippen molar-refractivity contribution in [1.29, 1.82) is 0 Å². The molecule has 1 aromatic rings. The zero-order valence-corrected chi connectivity index (χ0v) is 19.7. The van der Waals surface area contributed by atoms with E-state index < -0.39 is 16.6 Å². The summed E-state index contributed by atoms with van der Waals surface area (Å²) in [5.41, 5.74) is 1.07. The van der Waals surface area contributed by atoms with Crippen LogP contribution in [0.25, 0.3) is 0 Å². The maximum atomic E-state index is 12.3. The molecule has 0 amide bonds. The monoisotopic (exact) mass is 395 g/mol. The average Bonchev–Trinajstić information content (AvgIpc) is 2.52. The molecule has 0 spiro atoms. The van der Waals surface area contributed by atoms with Gasteiger partial charge in [-0.25, -0.2) is 0 Å². The highest BCUT2D eigenvalue weighted by molar-refractivity contribution is 6.71. The van der Waals surface area contributed by atoms with Gasteiger partial charge >= 0.3 is 5.97 Å². The summed E-state index contributed by atoms with van der Waals surface area (Å²) in [5, 5.41) is 0. The van der Waals surface area contributed by atoms with Crippen LogP contribution in [-0.4, -0.2) is 41.8 Å². The second-order valence-electron chi connectivity index (χ2n) is 8.54. The van der Waals surface area contributed by atoms with Crippen LogP contribution in [0.15, 0.2) is 30.3 Å². The van der Waals surface area contributed by atoms with E-state index in [1.54, 1.807) is 0 Å². The van der Waals surface area contributed by atoms with Crippen molar-refractivity contribution >= 4 is 28.3 Å². The van der Waals surface area contributed by atoms with Gasteiger partial charge in [0.05, 0.1) is 0 Å². The van der Waals surface area contributed by atoms with Gasteiger partial charge in [-0.2, -0.15) is 0 Å². The summed E-state index contributed by atoms with van der Waals surface area (Å²) >= 11 is 0. The lowest BCUT2D eigenvalue weighted by molar-refractivity contribution is -0.133. The molecular formula is C20H37NO3Si2. The minimum atomic E-state index is -1.86. The van der Waals surface area contributed by atoms with E-state index in [9.17, 15) is 4.79 Å². The van der Waals surface area contributed by atoms with Crippen LogP contribution in [-0.2, 0) is 13.6 Å². The Morgan fingerprint density at radius 3 is 2.27 bits per heavy atom. The number of carbonyl (C=O) groups is 1. The molecule has 0 N–H and O–H groups in total. The van der Waals surface area contributed by atoms with Crippen LogP contribution in [0.3, 0.4) is 0 Å². The molecule has 1 atom stereocenters. The van der Waals surface area contributed by atoms with Gasteiger partial charge in [0, 0.05) is 18.3 Å². The SMILES string of the molecule is CCC(C)O[Si](C)(C)CCCN(CC(=O)O[Si](C)(C)C)c1ccccc1. The summed E-state index contributed by atoms with van der Waals surface area (Å²) in [7, 11) is -3.53. The minimum Gasteiger partial charge on any atom is -0.519 e. The second kappa shape index (κ2) is 10.3. The van der Waals surface area contributed by atoms with E-state index in [0.717, 1.165) is 31.1 Å². The van der Waals surface area contributed by atoms with E-state index >= 15 is 0 Å². The van der Waals surface area contributed by atoms with Gasteiger partial charge in [-0.3, -0.25) is 4.79 Å². The van der Waals surface area contributed by atoms with E-state index in [4.69, 9.17) is 8.85 Å². The third-order valence-electron chi connectivity index (χ3n) is 4.16. The normalized spacial score (nSPS) is 13.3. The van der Waals surface area contributed by atoms with E-state index in [1.165, 1.54) is 0 Å². The molecule has 0 radical (unpaired) electrons. The van der Waals surface area contributed by atoms with Crippen molar-refractivity contribution in [2.45, 2.75) is 71.6 Å². The van der Waals surface area contributed by atoms with E-state index in [-0.39, 0.29) is 5.97 Å². The molecule has 0 aliphatic rings.